The van der Waals surface area contributed by atoms with Gasteiger partial charge in [0, 0.05) is 13.0 Å². The van der Waals surface area contributed by atoms with Crippen molar-refractivity contribution >= 4 is 5.69 Å². The summed E-state index contributed by atoms with van der Waals surface area (Å²) in [4.78, 5) is 14.6. The van der Waals surface area contributed by atoms with E-state index in [4.69, 9.17) is 5.90 Å². The van der Waals surface area contributed by atoms with Crippen LogP contribution in [0.3, 0.4) is 0 Å². The van der Waals surface area contributed by atoms with Gasteiger partial charge in [-0.05, 0) is 0 Å². The van der Waals surface area contributed by atoms with Crippen LogP contribution in [0.1, 0.15) is 25.5 Å². The van der Waals surface area contributed by atoms with Gasteiger partial charge in [0.2, 0.25) is 0 Å². The molecule has 0 aliphatic carbocycles. The number of aryl methyl sites for hydroxylation is 1. The second-order valence-corrected chi connectivity index (χ2v) is 3.19. The Kier molecular flexibility index (Phi) is 2.70. The number of hydrogen-bond acceptors (Lipinski definition) is 5. The molecule has 0 aromatic carbocycles. The fourth-order valence-corrected chi connectivity index (χ4v) is 1.21. The lowest BCUT2D eigenvalue weighted by atomic mass is 10.1. The van der Waals surface area contributed by atoms with Crippen LogP contribution < -0.4 is 10.7 Å². The van der Waals surface area contributed by atoms with E-state index in [0.717, 1.165) is 0 Å². The number of nitrogens with zero attached hydrogens (tertiary/aromatic N) is 3. The van der Waals surface area contributed by atoms with Gasteiger partial charge in [0.05, 0.1) is 4.92 Å². The summed E-state index contributed by atoms with van der Waals surface area (Å²) in [5.41, 5.74) is 0.211. The average Bonchev–Trinajstić information content (AvgIpc) is 2.42. The third kappa shape index (κ3) is 1.53. The van der Waals surface area contributed by atoms with Crippen LogP contribution in [0, 0.1) is 10.1 Å². The van der Waals surface area contributed by atoms with E-state index in [1.807, 2.05) is 13.8 Å². The quantitative estimate of drug-likeness (QED) is 0.572. The van der Waals surface area contributed by atoms with Crippen molar-refractivity contribution in [3.05, 3.63) is 15.8 Å². The number of aromatic nitrogens is 2. The first-order chi connectivity index (χ1) is 6.49. The molecule has 1 aromatic rings. The van der Waals surface area contributed by atoms with E-state index in [0.29, 0.717) is 5.69 Å². The van der Waals surface area contributed by atoms with Crippen LogP contribution in [0.4, 0.5) is 5.69 Å². The number of nitrogens with two attached hydrogens (primary N) is 1. The first-order valence-electron chi connectivity index (χ1n) is 4.07. The van der Waals surface area contributed by atoms with Gasteiger partial charge in [0.25, 0.3) is 0 Å². The summed E-state index contributed by atoms with van der Waals surface area (Å²) < 4.78 is 1.26. The van der Waals surface area contributed by atoms with Gasteiger partial charge in [0.15, 0.2) is 0 Å². The molecule has 78 valence electrons. The Hall–Kier alpha value is -1.63. The molecule has 1 heterocycles. The van der Waals surface area contributed by atoms with Crippen molar-refractivity contribution in [3.63, 3.8) is 0 Å². The molecule has 0 radical (unpaired) electrons. The molecule has 0 atom stereocenters. The number of nitro groups is 1. The molecular weight excluding hydrogens is 188 g/mol. The van der Waals surface area contributed by atoms with Crippen molar-refractivity contribution < 1.29 is 9.76 Å². The van der Waals surface area contributed by atoms with Crippen LogP contribution >= 0.6 is 0 Å². The maximum atomic E-state index is 10.7. The fourth-order valence-electron chi connectivity index (χ4n) is 1.21. The molecule has 0 amide bonds. The Morgan fingerprint density at radius 1 is 1.64 bits per heavy atom. The molecule has 0 bridgehead atoms. The predicted molar refractivity (Wildman–Crippen MR) is 48.8 cm³/mol. The summed E-state index contributed by atoms with van der Waals surface area (Å²) in [5, 5.41) is 14.7. The number of rotatable bonds is 3. The topological polar surface area (TPSA) is 96.2 Å². The molecule has 1 aromatic heterocycles. The number of hydrogen-bond donors (Lipinski definition) is 1. The summed E-state index contributed by atoms with van der Waals surface area (Å²) in [6, 6.07) is 0. The van der Waals surface area contributed by atoms with E-state index in [9.17, 15) is 10.1 Å². The Morgan fingerprint density at radius 3 is 2.57 bits per heavy atom. The van der Waals surface area contributed by atoms with Gasteiger partial charge in [-0.1, -0.05) is 13.8 Å². The second-order valence-electron chi connectivity index (χ2n) is 3.19. The average molecular weight is 200 g/mol. The minimum absolute atomic E-state index is 0.0290. The predicted octanol–water partition coefficient (Wildman–Crippen LogP) is 0.704. The van der Waals surface area contributed by atoms with E-state index < -0.39 is 4.92 Å². The van der Waals surface area contributed by atoms with Gasteiger partial charge < -0.3 is 4.84 Å². The second kappa shape index (κ2) is 3.62. The smallest absolute Gasteiger partial charge is 0.355 e. The van der Waals surface area contributed by atoms with Crippen molar-refractivity contribution in [1.29, 1.82) is 0 Å². The molecule has 2 N–H and O–H groups in total. The zero-order valence-electron chi connectivity index (χ0n) is 8.22. The SMILES string of the molecule is CC(C)c1nn(C)c(ON)c1[N+](=O)[O-]. The van der Waals surface area contributed by atoms with Gasteiger partial charge >= 0.3 is 11.6 Å². The zero-order chi connectivity index (χ0) is 10.9. The van der Waals surface area contributed by atoms with E-state index in [1.54, 1.807) is 7.05 Å². The summed E-state index contributed by atoms with van der Waals surface area (Å²) in [6.07, 6.45) is 0. The fraction of sp³-hybridized carbons (Fsp3) is 0.571. The highest BCUT2D eigenvalue weighted by atomic mass is 16.6. The summed E-state index contributed by atoms with van der Waals surface area (Å²) in [5.74, 6) is 4.86. The van der Waals surface area contributed by atoms with Gasteiger partial charge in [-0.2, -0.15) is 11.0 Å². The molecule has 0 spiro atoms. The van der Waals surface area contributed by atoms with Crippen molar-refractivity contribution in [2.75, 3.05) is 0 Å². The van der Waals surface area contributed by atoms with Crippen LogP contribution in [-0.2, 0) is 7.05 Å². The van der Waals surface area contributed by atoms with Crippen LogP contribution in [-0.4, -0.2) is 14.7 Å². The third-order valence-electron chi connectivity index (χ3n) is 1.84. The van der Waals surface area contributed by atoms with Crippen LogP contribution in [0.25, 0.3) is 0 Å². The van der Waals surface area contributed by atoms with Gasteiger partial charge in [-0.3, -0.25) is 10.1 Å². The summed E-state index contributed by atoms with van der Waals surface area (Å²) in [7, 11) is 1.54. The Labute approximate surface area is 80.6 Å². The Morgan fingerprint density at radius 2 is 2.21 bits per heavy atom. The molecule has 0 aliphatic heterocycles. The lowest BCUT2D eigenvalue weighted by Crippen LogP contribution is -2.08. The third-order valence-corrected chi connectivity index (χ3v) is 1.84. The minimum atomic E-state index is -0.537. The van der Waals surface area contributed by atoms with Crippen LogP contribution in [0.5, 0.6) is 5.88 Å². The van der Waals surface area contributed by atoms with Gasteiger partial charge in [-0.15, -0.1) is 0 Å². The lowest BCUT2D eigenvalue weighted by Gasteiger charge is -1.98. The van der Waals surface area contributed by atoms with E-state index in [-0.39, 0.29) is 17.5 Å². The molecule has 0 saturated heterocycles. The highest BCUT2D eigenvalue weighted by Crippen LogP contribution is 2.33. The first-order valence-corrected chi connectivity index (χ1v) is 4.07. The van der Waals surface area contributed by atoms with E-state index in [2.05, 4.69) is 9.94 Å². The molecule has 7 heteroatoms. The summed E-state index contributed by atoms with van der Waals surface area (Å²) in [6.45, 7) is 3.63. The van der Waals surface area contributed by atoms with Crippen molar-refractivity contribution in [2.24, 2.45) is 12.9 Å². The monoisotopic (exact) mass is 200 g/mol. The lowest BCUT2D eigenvalue weighted by molar-refractivity contribution is -0.386. The summed E-state index contributed by atoms with van der Waals surface area (Å²) >= 11 is 0. The van der Waals surface area contributed by atoms with E-state index >= 15 is 0 Å². The molecule has 0 unspecified atom stereocenters. The highest BCUT2D eigenvalue weighted by molar-refractivity contribution is 5.47. The standard InChI is InChI=1S/C7H12N4O3/c1-4(2)5-6(11(12)13)7(14-8)10(3)9-5/h4H,8H2,1-3H3. The molecule has 0 fully saturated rings. The maximum Gasteiger partial charge on any atom is 0.355 e. The van der Waals surface area contributed by atoms with Crippen molar-refractivity contribution in [3.8, 4) is 5.88 Å². The zero-order valence-corrected chi connectivity index (χ0v) is 8.22. The first kappa shape index (κ1) is 10.5. The molecular formula is C7H12N4O3. The van der Waals surface area contributed by atoms with Crippen molar-refractivity contribution in [2.45, 2.75) is 19.8 Å². The Bertz CT molecular complexity index is 358. The van der Waals surface area contributed by atoms with Crippen LogP contribution in [0.15, 0.2) is 0 Å². The minimum Gasteiger partial charge on any atom is -0.384 e. The molecule has 7 nitrogen and oxygen atoms in total. The van der Waals surface area contributed by atoms with E-state index in [1.165, 1.54) is 4.68 Å². The highest BCUT2D eigenvalue weighted by Gasteiger charge is 2.29. The Balaban J connectivity index is 3.37. The molecule has 14 heavy (non-hydrogen) atoms. The maximum absolute atomic E-state index is 10.7. The molecule has 0 aliphatic rings. The largest absolute Gasteiger partial charge is 0.384 e. The molecule has 0 saturated carbocycles. The van der Waals surface area contributed by atoms with Crippen LogP contribution in [0.2, 0.25) is 0 Å². The van der Waals surface area contributed by atoms with Gasteiger partial charge in [-0.25, -0.2) is 4.68 Å². The molecule has 1 rings (SSSR count). The van der Waals surface area contributed by atoms with Crippen molar-refractivity contribution in [1.82, 2.24) is 9.78 Å². The normalized spacial score (nSPS) is 10.6. The van der Waals surface area contributed by atoms with Gasteiger partial charge in [0.1, 0.15) is 5.69 Å².